The van der Waals surface area contributed by atoms with Gasteiger partial charge in [-0.3, -0.25) is 4.79 Å². The topological polar surface area (TPSA) is 32.3 Å². The number of hydrogen-bond donors (Lipinski definition) is 1. The van der Waals surface area contributed by atoms with E-state index in [2.05, 4.69) is 37.9 Å². The van der Waals surface area contributed by atoms with Gasteiger partial charge in [-0.15, -0.1) is 11.3 Å². The van der Waals surface area contributed by atoms with Gasteiger partial charge >= 0.3 is 0 Å². The van der Waals surface area contributed by atoms with Crippen molar-refractivity contribution in [2.75, 3.05) is 26.2 Å². The minimum Gasteiger partial charge on any atom is -0.350 e. The molecule has 0 atom stereocenters. The van der Waals surface area contributed by atoms with Crippen LogP contribution in [0, 0.1) is 19.3 Å². The Morgan fingerprint density at radius 3 is 2.55 bits per heavy atom. The van der Waals surface area contributed by atoms with E-state index >= 15 is 0 Å². The summed E-state index contributed by atoms with van der Waals surface area (Å²) in [7, 11) is 0. The van der Waals surface area contributed by atoms with Crippen LogP contribution in [0.4, 0.5) is 0 Å². The van der Waals surface area contributed by atoms with Gasteiger partial charge in [0, 0.05) is 18.0 Å². The van der Waals surface area contributed by atoms with Crippen LogP contribution in [-0.2, 0) is 0 Å². The normalized spacial score (nSPS) is 19.0. The molecule has 1 saturated heterocycles. The number of thiophene rings is 1. The second kappa shape index (κ2) is 6.27. The summed E-state index contributed by atoms with van der Waals surface area (Å²) in [5.41, 5.74) is 1.70. The number of amides is 1. The third-order valence-corrected chi connectivity index (χ3v) is 5.46. The summed E-state index contributed by atoms with van der Waals surface area (Å²) < 4.78 is 0. The molecule has 20 heavy (non-hydrogen) atoms. The van der Waals surface area contributed by atoms with Crippen LogP contribution in [0.3, 0.4) is 0 Å². The highest BCUT2D eigenvalue weighted by atomic mass is 32.1. The van der Waals surface area contributed by atoms with E-state index in [9.17, 15) is 4.79 Å². The first-order valence-corrected chi connectivity index (χ1v) is 8.27. The van der Waals surface area contributed by atoms with Crippen molar-refractivity contribution < 1.29 is 4.79 Å². The fraction of sp³-hybridized carbons (Fsp3) is 0.688. The monoisotopic (exact) mass is 294 g/mol. The van der Waals surface area contributed by atoms with E-state index in [-0.39, 0.29) is 5.91 Å². The summed E-state index contributed by atoms with van der Waals surface area (Å²) in [6, 6.07) is 1.98. The van der Waals surface area contributed by atoms with Crippen LogP contribution in [0.1, 0.15) is 46.8 Å². The summed E-state index contributed by atoms with van der Waals surface area (Å²) in [5.74, 6) is 0.0727. The van der Waals surface area contributed by atoms with E-state index in [0.29, 0.717) is 5.41 Å². The fourth-order valence-corrected chi connectivity index (χ4v) is 3.43. The van der Waals surface area contributed by atoms with Gasteiger partial charge in [0.15, 0.2) is 0 Å². The first-order valence-electron chi connectivity index (χ1n) is 7.45. The average molecular weight is 294 g/mol. The van der Waals surface area contributed by atoms with Crippen molar-refractivity contribution in [1.29, 1.82) is 0 Å². The van der Waals surface area contributed by atoms with Gasteiger partial charge in [0.05, 0.1) is 4.88 Å². The number of hydrogen-bond acceptors (Lipinski definition) is 3. The number of piperidine rings is 1. The first-order chi connectivity index (χ1) is 9.37. The molecule has 1 amide bonds. The lowest BCUT2D eigenvalue weighted by Gasteiger charge is -2.36. The molecule has 1 aliphatic heterocycles. The zero-order valence-electron chi connectivity index (χ0n) is 13.1. The van der Waals surface area contributed by atoms with Crippen LogP contribution in [-0.4, -0.2) is 37.0 Å². The highest BCUT2D eigenvalue weighted by Gasteiger charge is 2.24. The molecule has 1 N–H and O–H groups in total. The van der Waals surface area contributed by atoms with E-state index < -0.39 is 0 Å². The SMILES string of the molecule is Cc1cc(C(=O)NCCN2CCC(C)(C)CC2)sc1C. The van der Waals surface area contributed by atoms with Crippen molar-refractivity contribution in [3.05, 3.63) is 21.4 Å². The fourth-order valence-electron chi connectivity index (χ4n) is 2.48. The Labute approximate surface area is 126 Å². The Morgan fingerprint density at radius 2 is 2.00 bits per heavy atom. The van der Waals surface area contributed by atoms with Gasteiger partial charge in [-0.2, -0.15) is 0 Å². The molecule has 0 radical (unpaired) electrons. The van der Waals surface area contributed by atoms with Gasteiger partial charge in [0.1, 0.15) is 0 Å². The standard InChI is InChI=1S/C16H26N2OS/c1-12-11-14(20-13(12)2)15(19)17-7-10-18-8-5-16(3,4)6-9-18/h11H,5-10H2,1-4H3,(H,17,19). The predicted molar refractivity (Wildman–Crippen MR) is 85.6 cm³/mol. The highest BCUT2D eigenvalue weighted by molar-refractivity contribution is 7.14. The third kappa shape index (κ3) is 4.06. The molecule has 1 aliphatic rings. The number of nitrogens with one attached hydrogen (secondary N) is 1. The van der Waals surface area contributed by atoms with E-state index in [1.165, 1.54) is 23.3 Å². The lowest BCUT2D eigenvalue weighted by molar-refractivity contribution is 0.0938. The van der Waals surface area contributed by atoms with Gasteiger partial charge in [0.25, 0.3) is 5.91 Å². The van der Waals surface area contributed by atoms with E-state index in [1.807, 2.05) is 6.07 Å². The number of rotatable bonds is 4. The molecule has 1 aromatic heterocycles. The second-order valence-corrected chi connectivity index (χ2v) is 7.87. The van der Waals surface area contributed by atoms with E-state index in [1.54, 1.807) is 11.3 Å². The molecule has 0 saturated carbocycles. The molecule has 1 fully saturated rings. The maximum atomic E-state index is 12.0. The van der Waals surface area contributed by atoms with Crippen molar-refractivity contribution >= 4 is 17.2 Å². The molecule has 0 spiro atoms. The Hall–Kier alpha value is -0.870. The van der Waals surface area contributed by atoms with Crippen molar-refractivity contribution in [3.8, 4) is 0 Å². The summed E-state index contributed by atoms with van der Waals surface area (Å²) in [6.07, 6.45) is 2.51. The largest absolute Gasteiger partial charge is 0.350 e. The number of carbonyl (C=O) groups excluding carboxylic acids is 1. The zero-order chi connectivity index (χ0) is 14.8. The van der Waals surface area contributed by atoms with Gasteiger partial charge in [-0.25, -0.2) is 0 Å². The summed E-state index contributed by atoms with van der Waals surface area (Å²) in [4.78, 5) is 16.6. The van der Waals surface area contributed by atoms with Crippen molar-refractivity contribution in [3.63, 3.8) is 0 Å². The van der Waals surface area contributed by atoms with Gasteiger partial charge in [-0.05, 0) is 56.8 Å². The molecule has 4 heteroatoms. The maximum absolute atomic E-state index is 12.0. The van der Waals surface area contributed by atoms with Gasteiger partial charge in [0.2, 0.25) is 0 Å². The first kappa shape index (κ1) is 15.5. The molecule has 1 aromatic rings. The lowest BCUT2D eigenvalue weighted by atomic mass is 9.83. The predicted octanol–water partition coefficient (Wildman–Crippen LogP) is 3.22. The number of aryl methyl sites for hydroxylation is 2. The minimum atomic E-state index is 0.0727. The summed E-state index contributed by atoms with van der Waals surface area (Å²) in [5, 5.41) is 3.04. The summed E-state index contributed by atoms with van der Waals surface area (Å²) >= 11 is 1.58. The smallest absolute Gasteiger partial charge is 0.261 e. The number of likely N-dealkylation sites (tertiary alicyclic amines) is 1. The van der Waals surface area contributed by atoms with Gasteiger partial charge < -0.3 is 10.2 Å². The molecular formula is C16H26N2OS. The van der Waals surface area contributed by atoms with Crippen LogP contribution in [0.15, 0.2) is 6.07 Å². The van der Waals surface area contributed by atoms with Crippen LogP contribution in [0.25, 0.3) is 0 Å². The van der Waals surface area contributed by atoms with E-state index in [0.717, 1.165) is 31.1 Å². The molecule has 2 rings (SSSR count). The molecule has 0 aliphatic carbocycles. The van der Waals surface area contributed by atoms with E-state index in [4.69, 9.17) is 0 Å². The molecular weight excluding hydrogens is 268 g/mol. The third-order valence-electron chi connectivity index (χ3n) is 4.31. The number of nitrogens with zero attached hydrogens (tertiary/aromatic N) is 1. The maximum Gasteiger partial charge on any atom is 0.261 e. The zero-order valence-corrected chi connectivity index (χ0v) is 13.9. The van der Waals surface area contributed by atoms with Crippen LogP contribution < -0.4 is 5.32 Å². The second-order valence-electron chi connectivity index (χ2n) is 6.61. The quantitative estimate of drug-likeness (QED) is 0.925. The van der Waals surface area contributed by atoms with Crippen molar-refractivity contribution in [2.45, 2.75) is 40.5 Å². The van der Waals surface area contributed by atoms with Gasteiger partial charge in [-0.1, -0.05) is 13.8 Å². The molecule has 112 valence electrons. The Bertz CT molecular complexity index is 449. The number of carbonyl (C=O) groups is 1. The molecule has 0 aromatic carbocycles. The Kier molecular flexibility index (Phi) is 4.86. The lowest BCUT2D eigenvalue weighted by Crippen LogP contribution is -2.41. The van der Waals surface area contributed by atoms with Crippen LogP contribution in [0.5, 0.6) is 0 Å². The Balaban J connectivity index is 1.72. The van der Waals surface area contributed by atoms with Crippen molar-refractivity contribution in [1.82, 2.24) is 10.2 Å². The van der Waals surface area contributed by atoms with Crippen molar-refractivity contribution in [2.24, 2.45) is 5.41 Å². The highest BCUT2D eigenvalue weighted by Crippen LogP contribution is 2.29. The molecule has 0 bridgehead atoms. The average Bonchev–Trinajstić information content (AvgIpc) is 2.72. The van der Waals surface area contributed by atoms with Crippen LogP contribution in [0.2, 0.25) is 0 Å². The molecule has 2 heterocycles. The molecule has 0 unspecified atom stereocenters. The van der Waals surface area contributed by atoms with Crippen LogP contribution >= 0.6 is 11.3 Å². The summed E-state index contributed by atoms with van der Waals surface area (Å²) in [6.45, 7) is 12.8. The molecule has 3 nitrogen and oxygen atoms in total. The Morgan fingerprint density at radius 1 is 1.35 bits per heavy atom. The minimum absolute atomic E-state index is 0.0727.